The molecule has 1 aromatic heterocycles. The SMILES string of the molecule is CC(Cc1cccs1)N(C)C(=O)N1CCC[C@@H]1C(=O)O. The highest BCUT2D eigenvalue weighted by Gasteiger charge is 2.36. The van der Waals surface area contributed by atoms with Crippen molar-refractivity contribution in [3.63, 3.8) is 0 Å². The van der Waals surface area contributed by atoms with E-state index >= 15 is 0 Å². The first-order valence-electron chi connectivity index (χ1n) is 6.79. The molecule has 0 spiro atoms. The topological polar surface area (TPSA) is 60.9 Å². The molecule has 1 saturated heterocycles. The normalized spacial score (nSPS) is 19.9. The predicted octanol–water partition coefficient (Wildman–Crippen LogP) is 2.28. The summed E-state index contributed by atoms with van der Waals surface area (Å²) in [5.41, 5.74) is 0. The Kier molecular flexibility index (Phi) is 4.65. The van der Waals surface area contributed by atoms with Crippen LogP contribution in [0.1, 0.15) is 24.6 Å². The number of carboxylic acids is 1. The summed E-state index contributed by atoms with van der Waals surface area (Å²) in [6.07, 6.45) is 2.11. The molecular formula is C14H20N2O3S. The first-order chi connectivity index (χ1) is 9.50. The molecule has 0 bridgehead atoms. The molecule has 5 nitrogen and oxygen atoms in total. The third-order valence-electron chi connectivity index (χ3n) is 3.82. The van der Waals surface area contributed by atoms with Gasteiger partial charge >= 0.3 is 12.0 Å². The molecule has 20 heavy (non-hydrogen) atoms. The van der Waals surface area contributed by atoms with E-state index in [2.05, 4.69) is 6.07 Å². The van der Waals surface area contributed by atoms with Crippen molar-refractivity contribution in [1.82, 2.24) is 9.80 Å². The van der Waals surface area contributed by atoms with Gasteiger partial charge in [-0.05, 0) is 31.2 Å². The van der Waals surface area contributed by atoms with Gasteiger partial charge in [-0.15, -0.1) is 11.3 Å². The van der Waals surface area contributed by atoms with Crippen molar-refractivity contribution < 1.29 is 14.7 Å². The first kappa shape index (κ1) is 14.8. The number of amides is 2. The second kappa shape index (κ2) is 6.26. The van der Waals surface area contributed by atoms with E-state index in [0.29, 0.717) is 13.0 Å². The predicted molar refractivity (Wildman–Crippen MR) is 78.0 cm³/mol. The van der Waals surface area contributed by atoms with Gasteiger partial charge in [-0.3, -0.25) is 0 Å². The van der Waals surface area contributed by atoms with Gasteiger partial charge in [-0.1, -0.05) is 6.07 Å². The zero-order chi connectivity index (χ0) is 14.7. The van der Waals surface area contributed by atoms with Gasteiger partial charge in [0.05, 0.1) is 0 Å². The van der Waals surface area contributed by atoms with E-state index in [0.717, 1.165) is 12.8 Å². The number of nitrogens with zero attached hydrogens (tertiary/aromatic N) is 2. The molecule has 0 aliphatic carbocycles. The lowest BCUT2D eigenvalue weighted by Gasteiger charge is -2.31. The summed E-state index contributed by atoms with van der Waals surface area (Å²) in [4.78, 5) is 27.9. The smallest absolute Gasteiger partial charge is 0.326 e. The highest BCUT2D eigenvalue weighted by molar-refractivity contribution is 7.09. The first-order valence-corrected chi connectivity index (χ1v) is 7.67. The van der Waals surface area contributed by atoms with Crippen molar-refractivity contribution in [2.45, 2.75) is 38.3 Å². The molecule has 1 N–H and O–H groups in total. The Bertz CT molecular complexity index is 475. The van der Waals surface area contributed by atoms with E-state index < -0.39 is 12.0 Å². The zero-order valence-electron chi connectivity index (χ0n) is 11.8. The summed E-state index contributed by atoms with van der Waals surface area (Å²) in [6, 6.07) is 3.25. The van der Waals surface area contributed by atoms with Crippen LogP contribution in [-0.2, 0) is 11.2 Å². The number of rotatable bonds is 4. The number of hydrogen-bond donors (Lipinski definition) is 1. The molecule has 1 aliphatic rings. The number of carbonyl (C=O) groups is 2. The van der Waals surface area contributed by atoms with Crippen LogP contribution >= 0.6 is 11.3 Å². The maximum absolute atomic E-state index is 12.4. The Morgan fingerprint density at radius 1 is 1.60 bits per heavy atom. The molecule has 110 valence electrons. The number of carboxylic acid groups (broad SMARTS) is 1. The second-order valence-corrected chi connectivity index (χ2v) is 6.25. The van der Waals surface area contributed by atoms with Crippen molar-refractivity contribution in [2.75, 3.05) is 13.6 Å². The number of hydrogen-bond acceptors (Lipinski definition) is 3. The second-order valence-electron chi connectivity index (χ2n) is 5.22. The number of urea groups is 1. The monoisotopic (exact) mass is 296 g/mol. The number of aliphatic carboxylic acids is 1. The summed E-state index contributed by atoms with van der Waals surface area (Å²) in [7, 11) is 1.75. The minimum absolute atomic E-state index is 0.0520. The highest BCUT2D eigenvalue weighted by atomic mass is 32.1. The molecule has 0 saturated carbocycles. The average molecular weight is 296 g/mol. The lowest BCUT2D eigenvalue weighted by Crippen LogP contribution is -2.49. The van der Waals surface area contributed by atoms with E-state index in [-0.39, 0.29) is 12.1 Å². The molecule has 2 atom stereocenters. The van der Waals surface area contributed by atoms with Crippen LogP contribution in [-0.4, -0.2) is 52.6 Å². The van der Waals surface area contributed by atoms with E-state index in [4.69, 9.17) is 5.11 Å². The molecule has 1 aliphatic heterocycles. The molecule has 0 aromatic carbocycles. The Morgan fingerprint density at radius 3 is 2.95 bits per heavy atom. The van der Waals surface area contributed by atoms with Crippen LogP contribution < -0.4 is 0 Å². The van der Waals surface area contributed by atoms with Crippen LogP contribution in [0.2, 0.25) is 0 Å². The molecule has 1 unspecified atom stereocenters. The molecule has 2 heterocycles. The average Bonchev–Trinajstić information content (AvgIpc) is 3.07. The Morgan fingerprint density at radius 2 is 2.35 bits per heavy atom. The Labute approximate surface area is 122 Å². The summed E-state index contributed by atoms with van der Waals surface area (Å²) in [6.45, 7) is 2.52. The number of thiophene rings is 1. The number of carbonyl (C=O) groups excluding carboxylic acids is 1. The summed E-state index contributed by atoms with van der Waals surface area (Å²) in [5, 5.41) is 11.2. The highest BCUT2D eigenvalue weighted by Crippen LogP contribution is 2.21. The molecule has 2 rings (SSSR count). The molecule has 1 fully saturated rings. The summed E-state index contributed by atoms with van der Waals surface area (Å²) < 4.78 is 0. The van der Waals surface area contributed by atoms with Crippen LogP contribution in [0.5, 0.6) is 0 Å². The van der Waals surface area contributed by atoms with Crippen LogP contribution in [0, 0.1) is 0 Å². The molecule has 1 aromatic rings. The molecule has 6 heteroatoms. The summed E-state index contributed by atoms with van der Waals surface area (Å²) >= 11 is 1.67. The van der Waals surface area contributed by atoms with E-state index in [1.165, 1.54) is 9.78 Å². The van der Waals surface area contributed by atoms with Crippen molar-refractivity contribution in [2.24, 2.45) is 0 Å². The third kappa shape index (κ3) is 3.12. The zero-order valence-corrected chi connectivity index (χ0v) is 12.6. The third-order valence-corrected chi connectivity index (χ3v) is 4.72. The molecular weight excluding hydrogens is 276 g/mol. The van der Waals surface area contributed by atoms with Crippen LogP contribution in [0.3, 0.4) is 0 Å². The fraction of sp³-hybridized carbons (Fsp3) is 0.571. The Balaban J connectivity index is 1.99. The molecule has 2 amide bonds. The number of likely N-dealkylation sites (tertiary alicyclic amines) is 1. The lowest BCUT2D eigenvalue weighted by molar-refractivity contribution is -0.141. The van der Waals surface area contributed by atoms with E-state index in [1.807, 2.05) is 18.4 Å². The van der Waals surface area contributed by atoms with Gasteiger partial charge in [0.1, 0.15) is 6.04 Å². The maximum Gasteiger partial charge on any atom is 0.326 e. The Hall–Kier alpha value is -1.56. The van der Waals surface area contributed by atoms with Crippen LogP contribution in [0.25, 0.3) is 0 Å². The minimum Gasteiger partial charge on any atom is -0.480 e. The van der Waals surface area contributed by atoms with Crippen molar-refractivity contribution in [1.29, 1.82) is 0 Å². The lowest BCUT2D eigenvalue weighted by atomic mass is 10.2. The quantitative estimate of drug-likeness (QED) is 0.927. The maximum atomic E-state index is 12.4. The minimum atomic E-state index is -0.907. The van der Waals surface area contributed by atoms with Gasteiger partial charge < -0.3 is 14.9 Å². The largest absolute Gasteiger partial charge is 0.480 e. The molecule has 0 radical (unpaired) electrons. The van der Waals surface area contributed by atoms with Gasteiger partial charge in [0.15, 0.2) is 0 Å². The van der Waals surface area contributed by atoms with Crippen LogP contribution in [0.15, 0.2) is 17.5 Å². The van der Waals surface area contributed by atoms with Gasteiger partial charge in [-0.2, -0.15) is 0 Å². The summed E-state index contributed by atoms with van der Waals surface area (Å²) in [5.74, 6) is -0.907. The van der Waals surface area contributed by atoms with E-state index in [1.54, 1.807) is 23.3 Å². The van der Waals surface area contributed by atoms with Gasteiger partial charge in [-0.25, -0.2) is 9.59 Å². The van der Waals surface area contributed by atoms with Crippen molar-refractivity contribution in [3.05, 3.63) is 22.4 Å². The van der Waals surface area contributed by atoms with Gasteiger partial charge in [0.2, 0.25) is 0 Å². The fourth-order valence-corrected chi connectivity index (χ4v) is 3.33. The van der Waals surface area contributed by atoms with Crippen LogP contribution in [0.4, 0.5) is 4.79 Å². The van der Waals surface area contributed by atoms with Crippen molar-refractivity contribution in [3.8, 4) is 0 Å². The fourth-order valence-electron chi connectivity index (χ4n) is 2.50. The van der Waals surface area contributed by atoms with Gasteiger partial charge in [0.25, 0.3) is 0 Å². The standard InChI is InChI=1S/C14H20N2O3S/c1-10(9-11-5-4-8-20-11)15(2)14(19)16-7-3-6-12(16)13(17)18/h4-5,8,10,12H,3,6-7,9H2,1-2H3,(H,17,18)/t10?,12-/m1/s1. The van der Waals surface area contributed by atoms with E-state index in [9.17, 15) is 9.59 Å². The van der Waals surface area contributed by atoms with Gasteiger partial charge in [0, 0.05) is 30.9 Å². The van der Waals surface area contributed by atoms with Crippen molar-refractivity contribution >= 4 is 23.3 Å². The number of likely N-dealkylation sites (N-methyl/N-ethyl adjacent to an activating group) is 1.